The number of piperidine rings is 1. The van der Waals surface area contributed by atoms with Gasteiger partial charge in [0.1, 0.15) is 0 Å². The van der Waals surface area contributed by atoms with Crippen LogP contribution in [0.4, 0.5) is 0 Å². The Morgan fingerprint density at radius 1 is 1.23 bits per heavy atom. The van der Waals surface area contributed by atoms with Crippen molar-refractivity contribution in [1.82, 2.24) is 9.88 Å². The predicted molar refractivity (Wildman–Crippen MR) is 119 cm³/mol. The SMILES string of the molecule is Cc1ccc2[nH]cc(C(C)CC(=O)N3C4CCC5(O)CC(C4)CC3C5)c2c1C1CC1. The molecule has 0 spiro atoms. The number of carbonyl (C=O) groups excluding carboxylic acids is 1. The summed E-state index contributed by atoms with van der Waals surface area (Å²) in [5.74, 6) is 1.81. The predicted octanol–water partition coefficient (Wildman–Crippen LogP) is 5.14. The lowest BCUT2D eigenvalue weighted by Crippen LogP contribution is -2.55. The summed E-state index contributed by atoms with van der Waals surface area (Å²) >= 11 is 0. The summed E-state index contributed by atoms with van der Waals surface area (Å²) in [5.41, 5.74) is 4.91. The number of nitrogens with one attached hydrogen (secondary N) is 1. The second-order valence-corrected chi connectivity index (χ2v) is 11.0. The van der Waals surface area contributed by atoms with E-state index >= 15 is 0 Å². The van der Waals surface area contributed by atoms with E-state index in [-0.39, 0.29) is 12.0 Å². The van der Waals surface area contributed by atoms with Crippen molar-refractivity contribution in [3.63, 3.8) is 0 Å². The highest BCUT2D eigenvalue weighted by Crippen LogP contribution is 2.50. The van der Waals surface area contributed by atoms with Crippen LogP contribution < -0.4 is 0 Å². The van der Waals surface area contributed by atoms with E-state index < -0.39 is 5.60 Å². The van der Waals surface area contributed by atoms with Gasteiger partial charge in [-0.15, -0.1) is 0 Å². The number of rotatable bonds is 4. The molecular formula is C26H34N2O2. The molecule has 2 N–H and O–H groups in total. The van der Waals surface area contributed by atoms with Gasteiger partial charge < -0.3 is 15.0 Å². The van der Waals surface area contributed by atoms with E-state index in [1.165, 1.54) is 40.4 Å². The van der Waals surface area contributed by atoms with Gasteiger partial charge in [-0.1, -0.05) is 13.0 Å². The molecule has 30 heavy (non-hydrogen) atoms. The topological polar surface area (TPSA) is 56.3 Å². The van der Waals surface area contributed by atoms with E-state index in [0.717, 1.165) is 38.5 Å². The quantitative estimate of drug-likeness (QED) is 0.738. The Hall–Kier alpha value is -1.81. The smallest absolute Gasteiger partial charge is 0.223 e. The van der Waals surface area contributed by atoms with Crippen LogP contribution in [0.25, 0.3) is 10.9 Å². The molecule has 7 rings (SSSR count). The Morgan fingerprint density at radius 3 is 2.83 bits per heavy atom. The standard InChI is InChI=1S/C26H34N2O2/c1-15-3-6-22-25(24(15)18-4-5-18)21(14-27-22)16(2)9-23(29)28-19-7-8-26(30)12-17(10-19)11-20(28)13-26/h3,6,14,16-20,27,30H,4-5,7-13H2,1-2H3. The summed E-state index contributed by atoms with van der Waals surface area (Å²) < 4.78 is 0. The maximum atomic E-state index is 13.6. The minimum absolute atomic E-state index is 0.201. The van der Waals surface area contributed by atoms with Crippen LogP contribution in [-0.4, -0.2) is 38.6 Å². The largest absolute Gasteiger partial charge is 0.390 e. The molecule has 2 saturated heterocycles. The summed E-state index contributed by atoms with van der Waals surface area (Å²) in [4.78, 5) is 19.3. The Morgan fingerprint density at radius 2 is 2.03 bits per heavy atom. The molecule has 4 bridgehead atoms. The number of aryl methyl sites for hydroxylation is 1. The first-order valence-corrected chi connectivity index (χ1v) is 12.1. The highest BCUT2D eigenvalue weighted by molar-refractivity contribution is 5.90. The third kappa shape index (κ3) is 2.94. The van der Waals surface area contributed by atoms with Crippen LogP contribution in [0.15, 0.2) is 18.3 Å². The second kappa shape index (κ2) is 6.59. The number of carbonyl (C=O) groups is 1. The third-order valence-electron chi connectivity index (χ3n) is 8.65. The monoisotopic (exact) mass is 406 g/mol. The van der Waals surface area contributed by atoms with E-state index in [4.69, 9.17) is 0 Å². The maximum Gasteiger partial charge on any atom is 0.223 e. The molecule has 5 unspecified atom stereocenters. The molecule has 3 aliphatic carbocycles. The van der Waals surface area contributed by atoms with Crippen LogP contribution in [0, 0.1) is 12.8 Å². The minimum Gasteiger partial charge on any atom is -0.390 e. The summed E-state index contributed by atoms with van der Waals surface area (Å²) in [5, 5.41) is 12.4. The summed E-state index contributed by atoms with van der Waals surface area (Å²) in [6, 6.07) is 5.03. The van der Waals surface area contributed by atoms with E-state index in [1.807, 2.05) is 0 Å². The Balaban J connectivity index is 1.28. The number of nitrogens with zero attached hydrogens (tertiary/aromatic N) is 1. The fraction of sp³-hybridized carbons (Fsp3) is 0.654. The molecule has 2 aliphatic heterocycles. The third-order valence-corrected chi connectivity index (χ3v) is 8.65. The molecule has 5 atom stereocenters. The zero-order valence-corrected chi connectivity index (χ0v) is 18.3. The van der Waals surface area contributed by atoms with Crippen LogP contribution in [0.5, 0.6) is 0 Å². The van der Waals surface area contributed by atoms with Gasteiger partial charge in [0.05, 0.1) is 5.60 Å². The number of aromatic amines is 1. The zero-order valence-electron chi connectivity index (χ0n) is 18.3. The normalized spacial score (nSPS) is 33.8. The van der Waals surface area contributed by atoms with Gasteiger partial charge in [0, 0.05) is 35.6 Å². The minimum atomic E-state index is -0.517. The zero-order chi connectivity index (χ0) is 20.6. The van der Waals surface area contributed by atoms with Crippen molar-refractivity contribution in [2.24, 2.45) is 5.92 Å². The maximum absolute atomic E-state index is 13.6. The van der Waals surface area contributed by atoms with E-state index in [0.29, 0.717) is 30.2 Å². The molecule has 3 heterocycles. The molecule has 4 heteroatoms. The fourth-order valence-corrected chi connectivity index (χ4v) is 7.25. The first kappa shape index (κ1) is 18.9. The van der Waals surface area contributed by atoms with Gasteiger partial charge in [-0.3, -0.25) is 4.79 Å². The molecule has 0 radical (unpaired) electrons. The van der Waals surface area contributed by atoms with Crippen molar-refractivity contribution in [2.75, 3.05) is 0 Å². The number of hydrogen-bond acceptors (Lipinski definition) is 2. The van der Waals surface area contributed by atoms with Crippen molar-refractivity contribution in [3.8, 4) is 0 Å². The van der Waals surface area contributed by atoms with Crippen molar-refractivity contribution in [2.45, 2.75) is 101 Å². The lowest BCUT2D eigenvalue weighted by atomic mass is 9.72. The highest BCUT2D eigenvalue weighted by atomic mass is 16.3. The summed E-state index contributed by atoms with van der Waals surface area (Å²) in [6.45, 7) is 4.45. The summed E-state index contributed by atoms with van der Waals surface area (Å²) in [6.07, 6.45) is 11.1. The van der Waals surface area contributed by atoms with Crippen LogP contribution in [0.1, 0.15) is 93.2 Å². The van der Waals surface area contributed by atoms with Gasteiger partial charge >= 0.3 is 0 Å². The molecule has 3 saturated carbocycles. The van der Waals surface area contributed by atoms with Gasteiger partial charge in [0.15, 0.2) is 0 Å². The van der Waals surface area contributed by atoms with Crippen molar-refractivity contribution < 1.29 is 9.90 Å². The van der Waals surface area contributed by atoms with Crippen LogP contribution >= 0.6 is 0 Å². The summed E-state index contributed by atoms with van der Waals surface area (Å²) in [7, 11) is 0. The number of H-pyrrole nitrogens is 1. The number of benzene rings is 1. The van der Waals surface area contributed by atoms with Gasteiger partial charge in [-0.05, 0) is 98.8 Å². The van der Waals surface area contributed by atoms with Crippen molar-refractivity contribution >= 4 is 16.8 Å². The first-order chi connectivity index (χ1) is 14.4. The molecular weight excluding hydrogens is 372 g/mol. The Kier molecular flexibility index (Phi) is 4.16. The molecule has 5 fully saturated rings. The first-order valence-electron chi connectivity index (χ1n) is 12.1. The molecule has 160 valence electrons. The lowest BCUT2D eigenvalue weighted by molar-refractivity contribution is -0.143. The molecule has 4 nitrogen and oxygen atoms in total. The van der Waals surface area contributed by atoms with Gasteiger partial charge in [-0.2, -0.15) is 0 Å². The second-order valence-electron chi connectivity index (χ2n) is 11.0. The van der Waals surface area contributed by atoms with Gasteiger partial charge in [0.2, 0.25) is 5.91 Å². The van der Waals surface area contributed by atoms with Crippen LogP contribution in [-0.2, 0) is 4.79 Å². The van der Waals surface area contributed by atoms with Crippen molar-refractivity contribution in [3.05, 3.63) is 35.0 Å². The number of amides is 1. The van der Waals surface area contributed by atoms with Gasteiger partial charge in [-0.25, -0.2) is 0 Å². The van der Waals surface area contributed by atoms with E-state index in [1.54, 1.807) is 0 Å². The lowest BCUT2D eigenvalue weighted by Gasteiger charge is -2.49. The van der Waals surface area contributed by atoms with E-state index in [2.05, 4.69) is 42.1 Å². The molecule has 1 amide bonds. The highest BCUT2D eigenvalue weighted by Gasteiger charge is 2.51. The number of fused-ring (bicyclic) bond motifs is 2. The molecule has 2 aromatic rings. The number of aliphatic hydroxyl groups is 1. The van der Waals surface area contributed by atoms with Crippen molar-refractivity contribution in [1.29, 1.82) is 0 Å². The average Bonchev–Trinajstić information content (AvgIpc) is 3.45. The van der Waals surface area contributed by atoms with Gasteiger partial charge in [0.25, 0.3) is 0 Å². The molecule has 1 aromatic heterocycles. The average molecular weight is 407 g/mol. The number of hydrogen-bond donors (Lipinski definition) is 2. The van der Waals surface area contributed by atoms with Crippen LogP contribution in [0.3, 0.4) is 0 Å². The Labute approximate surface area is 179 Å². The molecule has 1 aromatic carbocycles. The fourth-order valence-electron chi connectivity index (χ4n) is 7.25. The number of aromatic nitrogens is 1. The van der Waals surface area contributed by atoms with E-state index in [9.17, 15) is 9.90 Å². The Bertz CT molecular complexity index is 1010. The molecule has 5 aliphatic rings. The van der Waals surface area contributed by atoms with Crippen LogP contribution in [0.2, 0.25) is 0 Å².